The quantitative estimate of drug-likeness (QED) is 0.743. The summed E-state index contributed by atoms with van der Waals surface area (Å²) in [5, 5.41) is 9.65. The van der Waals surface area contributed by atoms with Crippen molar-refractivity contribution >= 4 is 5.91 Å². The molecule has 1 aliphatic rings. The van der Waals surface area contributed by atoms with Crippen molar-refractivity contribution in [3.63, 3.8) is 0 Å². The van der Waals surface area contributed by atoms with E-state index in [1.165, 1.54) is 22.4 Å². The van der Waals surface area contributed by atoms with Gasteiger partial charge < -0.3 is 10.0 Å². The number of carbonyl (C=O) groups is 1. The van der Waals surface area contributed by atoms with E-state index in [1.54, 1.807) is 0 Å². The van der Waals surface area contributed by atoms with Crippen LogP contribution in [0.5, 0.6) is 5.88 Å². The van der Waals surface area contributed by atoms with Crippen LogP contribution < -0.4 is 5.69 Å². The van der Waals surface area contributed by atoms with Crippen molar-refractivity contribution in [2.45, 2.75) is 26.4 Å². The van der Waals surface area contributed by atoms with Crippen LogP contribution in [-0.2, 0) is 20.1 Å². The molecular formula is C22H23N3O3. The maximum atomic E-state index is 12.4. The zero-order valence-corrected chi connectivity index (χ0v) is 16.1. The summed E-state index contributed by atoms with van der Waals surface area (Å²) in [5.41, 5.74) is 4.74. The van der Waals surface area contributed by atoms with E-state index in [9.17, 15) is 14.7 Å². The SMILES string of the molecule is CCCN1Cc2cc(-c3ccc(Cn4cc(O)n(C)c4=O)cc3)ccc2C1=O. The molecule has 0 atom stereocenters. The molecule has 4 rings (SSSR count). The van der Waals surface area contributed by atoms with Crippen LogP contribution in [-0.4, -0.2) is 31.6 Å². The topological polar surface area (TPSA) is 67.5 Å². The first-order chi connectivity index (χ1) is 13.5. The predicted molar refractivity (Wildman–Crippen MR) is 107 cm³/mol. The smallest absolute Gasteiger partial charge is 0.331 e. The van der Waals surface area contributed by atoms with Gasteiger partial charge in [-0.15, -0.1) is 0 Å². The lowest BCUT2D eigenvalue weighted by molar-refractivity contribution is 0.0778. The minimum atomic E-state index is -0.249. The lowest BCUT2D eigenvalue weighted by Crippen LogP contribution is -2.24. The molecule has 0 spiro atoms. The molecule has 3 aromatic rings. The fraction of sp³-hybridized carbons (Fsp3) is 0.273. The van der Waals surface area contributed by atoms with Crippen molar-refractivity contribution < 1.29 is 9.90 Å². The van der Waals surface area contributed by atoms with Gasteiger partial charge in [-0.1, -0.05) is 37.3 Å². The monoisotopic (exact) mass is 377 g/mol. The molecule has 0 bridgehead atoms. The van der Waals surface area contributed by atoms with E-state index in [2.05, 4.69) is 13.0 Å². The molecular weight excluding hydrogens is 354 g/mol. The first-order valence-corrected chi connectivity index (χ1v) is 9.44. The fourth-order valence-electron chi connectivity index (χ4n) is 3.70. The Morgan fingerprint density at radius 1 is 1.04 bits per heavy atom. The lowest BCUT2D eigenvalue weighted by Gasteiger charge is -2.13. The van der Waals surface area contributed by atoms with E-state index in [0.29, 0.717) is 13.1 Å². The van der Waals surface area contributed by atoms with E-state index in [4.69, 9.17) is 0 Å². The third-order valence-electron chi connectivity index (χ3n) is 5.27. The molecule has 1 aromatic heterocycles. The number of amides is 1. The molecule has 0 saturated heterocycles. The minimum Gasteiger partial charge on any atom is -0.493 e. The number of aromatic hydroxyl groups is 1. The Balaban J connectivity index is 1.55. The first-order valence-electron chi connectivity index (χ1n) is 9.44. The zero-order chi connectivity index (χ0) is 19.8. The van der Waals surface area contributed by atoms with Gasteiger partial charge >= 0.3 is 5.69 Å². The molecule has 1 aliphatic heterocycles. The summed E-state index contributed by atoms with van der Waals surface area (Å²) in [6.07, 6.45) is 2.39. The van der Waals surface area contributed by atoms with E-state index in [-0.39, 0.29) is 17.5 Å². The molecule has 2 heterocycles. The Morgan fingerprint density at radius 3 is 2.39 bits per heavy atom. The van der Waals surface area contributed by atoms with Crippen LogP contribution in [0.4, 0.5) is 0 Å². The van der Waals surface area contributed by atoms with E-state index < -0.39 is 0 Å². The molecule has 0 aliphatic carbocycles. The van der Waals surface area contributed by atoms with Gasteiger partial charge in [-0.25, -0.2) is 4.79 Å². The van der Waals surface area contributed by atoms with Crippen molar-refractivity contribution in [3.8, 4) is 17.0 Å². The van der Waals surface area contributed by atoms with E-state index in [1.807, 2.05) is 41.3 Å². The number of hydrogen-bond donors (Lipinski definition) is 1. The van der Waals surface area contributed by atoms with Crippen LogP contribution in [0.15, 0.2) is 53.5 Å². The third kappa shape index (κ3) is 3.11. The number of imidazole rings is 1. The molecule has 1 N–H and O–H groups in total. The summed E-state index contributed by atoms with van der Waals surface area (Å²) < 4.78 is 2.69. The van der Waals surface area contributed by atoms with E-state index in [0.717, 1.165) is 40.8 Å². The number of aromatic nitrogens is 2. The first kappa shape index (κ1) is 18.1. The maximum Gasteiger partial charge on any atom is 0.331 e. The van der Waals surface area contributed by atoms with Crippen LogP contribution in [0.1, 0.15) is 34.8 Å². The second-order valence-electron chi connectivity index (χ2n) is 7.25. The normalized spacial score (nSPS) is 13.2. The van der Waals surface area contributed by atoms with Crippen LogP contribution in [0.2, 0.25) is 0 Å². The van der Waals surface area contributed by atoms with Crippen LogP contribution in [0.3, 0.4) is 0 Å². The number of carbonyl (C=O) groups excluding carboxylic acids is 1. The van der Waals surface area contributed by atoms with Gasteiger partial charge in [0.15, 0.2) is 0 Å². The van der Waals surface area contributed by atoms with Gasteiger partial charge in [0, 0.05) is 25.7 Å². The van der Waals surface area contributed by atoms with Crippen LogP contribution in [0, 0.1) is 0 Å². The average Bonchev–Trinajstić information content (AvgIpc) is 3.13. The van der Waals surface area contributed by atoms with Crippen LogP contribution >= 0.6 is 0 Å². The van der Waals surface area contributed by atoms with Gasteiger partial charge in [0.1, 0.15) is 0 Å². The molecule has 2 aromatic carbocycles. The number of fused-ring (bicyclic) bond motifs is 1. The number of hydrogen-bond acceptors (Lipinski definition) is 3. The Bertz CT molecular complexity index is 1090. The Labute approximate surface area is 163 Å². The molecule has 6 nitrogen and oxygen atoms in total. The van der Waals surface area contributed by atoms with Gasteiger partial charge in [0.05, 0.1) is 12.7 Å². The summed E-state index contributed by atoms with van der Waals surface area (Å²) in [6, 6.07) is 14.0. The van der Waals surface area contributed by atoms with Crippen molar-refractivity contribution in [2.75, 3.05) is 6.54 Å². The van der Waals surface area contributed by atoms with Gasteiger partial charge in [-0.2, -0.15) is 0 Å². The molecule has 6 heteroatoms. The van der Waals surface area contributed by atoms with Crippen molar-refractivity contribution in [3.05, 3.63) is 75.8 Å². The highest BCUT2D eigenvalue weighted by atomic mass is 16.3. The molecule has 28 heavy (non-hydrogen) atoms. The number of benzene rings is 2. The highest BCUT2D eigenvalue weighted by Gasteiger charge is 2.26. The van der Waals surface area contributed by atoms with Crippen molar-refractivity contribution in [1.82, 2.24) is 14.0 Å². The average molecular weight is 377 g/mol. The Morgan fingerprint density at radius 2 is 1.75 bits per heavy atom. The summed E-state index contributed by atoms with van der Waals surface area (Å²) in [7, 11) is 1.54. The summed E-state index contributed by atoms with van der Waals surface area (Å²) in [5.74, 6) is 0.0710. The van der Waals surface area contributed by atoms with Crippen molar-refractivity contribution in [1.29, 1.82) is 0 Å². The fourth-order valence-corrected chi connectivity index (χ4v) is 3.70. The summed E-state index contributed by atoms with van der Waals surface area (Å²) in [6.45, 7) is 3.94. The molecule has 0 fully saturated rings. The molecule has 144 valence electrons. The molecule has 0 saturated carbocycles. The largest absolute Gasteiger partial charge is 0.493 e. The molecule has 0 unspecified atom stereocenters. The van der Waals surface area contributed by atoms with Crippen LogP contribution in [0.25, 0.3) is 11.1 Å². The zero-order valence-electron chi connectivity index (χ0n) is 16.1. The van der Waals surface area contributed by atoms with Gasteiger partial charge in [0.25, 0.3) is 5.91 Å². The highest BCUT2D eigenvalue weighted by Crippen LogP contribution is 2.29. The summed E-state index contributed by atoms with van der Waals surface area (Å²) >= 11 is 0. The standard InChI is InChI=1S/C22H23N3O3/c1-3-10-24-13-18-11-17(8-9-19(18)21(24)27)16-6-4-15(5-7-16)12-25-14-20(26)23(2)22(25)28/h4-9,11,14,26H,3,10,12-13H2,1-2H3. The predicted octanol–water partition coefficient (Wildman–Crippen LogP) is 2.97. The van der Waals surface area contributed by atoms with Gasteiger partial charge in [0.2, 0.25) is 5.88 Å². The minimum absolute atomic E-state index is 0.0496. The van der Waals surface area contributed by atoms with E-state index >= 15 is 0 Å². The maximum absolute atomic E-state index is 12.4. The summed E-state index contributed by atoms with van der Waals surface area (Å²) in [4.78, 5) is 26.3. The van der Waals surface area contributed by atoms with Gasteiger partial charge in [-0.3, -0.25) is 13.9 Å². The molecule has 0 radical (unpaired) electrons. The third-order valence-corrected chi connectivity index (χ3v) is 5.27. The Hall–Kier alpha value is -3.28. The second kappa shape index (κ2) is 7.03. The number of rotatable bonds is 5. The van der Waals surface area contributed by atoms with Gasteiger partial charge in [-0.05, 0) is 40.8 Å². The Kier molecular flexibility index (Phi) is 4.55. The highest BCUT2D eigenvalue weighted by molar-refractivity contribution is 5.99. The second-order valence-corrected chi connectivity index (χ2v) is 7.25. The van der Waals surface area contributed by atoms with Crippen molar-refractivity contribution in [2.24, 2.45) is 7.05 Å². The number of nitrogens with zero attached hydrogens (tertiary/aromatic N) is 3. The molecule has 1 amide bonds. The lowest BCUT2D eigenvalue weighted by atomic mass is 9.99.